The molecular formula is C15H16N2O4. The minimum Gasteiger partial charge on any atom is -0.480 e. The molecule has 0 fully saturated rings. The maximum Gasteiger partial charge on any atom is 0.326 e. The van der Waals surface area contributed by atoms with Gasteiger partial charge in [0.15, 0.2) is 0 Å². The van der Waals surface area contributed by atoms with E-state index < -0.39 is 17.9 Å². The van der Waals surface area contributed by atoms with Crippen molar-refractivity contribution in [2.75, 3.05) is 0 Å². The van der Waals surface area contributed by atoms with E-state index in [0.29, 0.717) is 17.9 Å². The van der Waals surface area contributed by atoms with Gasteiger partial charge in [0.25, 0.3) is 5.91 Å². The fourth-order valence-corrected chi connectivity index (χ4v) is 2.00. The molecule has 0 aliphatic carbocycles. The molecular weight excluding hydrogens is 272 g/mol. The van der Waals surface area contributed by atoms with Gasteiger partial charge in [-0.2, -0.15) is 0 Å². The first-order valence-corrected chi connectivity index (χ1v) is 6.60. The number of nitrogens with zero attached hydrogens (tertiary/aromatic N) is 1. The molecule has 21 heavy (non-hydrogen) atoms. The lowest BCUT2D eigenvalue weighted by Crippen LogP contribution is -2.40. The number of hydrogen-bond acceptors (Lipinski definition) is 4. The first-order valence-electron chi connectivity index (χ1n) is 6.60. The van der Waals surface area contributed by atoms with Gasteiger partial charge in [0, 0.05) is 5.56 Å². The highest BCUT2D eigenvalue weighted by atomic mass is 16.5. The summed E-state index contributed by atoms with van der Waals surface area (Å²) in [5.41, 5.74) is 1.41. The van der Waals surface area contributed by atoms with E-state index in [1.807, 2.05) is 30.3 Å². The lowest BCUT2D eigenvalue weighted by molar-refractivity contribution is -0.139. The van der Waals surface area contributed by atoms with Crippen molar-refractivity contribution in [1.29, 1.82) is 0 Å². The zero-order valence-corrected chi connectivity index (χ0v) is 11.8. The van der Waals surface area contributed by atoms with Crippen molar-refractivity contribution < 1.29 is 19.2 Å². The molecule has 1 aromatic carbocycles. The number of carbonyl (C=O) groups excluding carboxylic acids is 1. The minimum atomic E-state index is -1.07. The fourth-order valence-electron chi connectivity index (χ4n) is 2.00. The maximum absolute atomic E-state index is 12.3. The molecule has 0 spiro atoms. The zero-order chi connectivity index (χ0) is 15.4. The lowest BCUT2D eigenvalue weighted by Gasteiger charge is -2.12. The molecule has 0 saturated carbocycles. The number of hydrogen-bond donors (Lipinski definition) is 2. The fraction of sp³-hybridized carbons (Fsp3) is 0.267. The quantitative estimate of drug-likeness (QED) is 0.880. The smallest absolute Gasteiger partial charge is 0.326 e. The minimum absolute atomic E-state index is 0.265. The molecule has 6 nitrogen and oxygen atoms in total. The third-order valence-electron chi connectivity index (χ3n) is 3.15. The van der Waals surface area contributed by atoms with Gasteiger partial charge in [0.1, 0.15) is 23.1 Å². The molecule has 2 rings (SSSR count). The molecule has 0 bridgehead atoms. The summed E-state index contributed by atoms with van der Waals surface area (Å²) in [6.45, 7) is 3.31. The first kappa shape index (κ1) is 14.8. The van der Waals surface area contributed by atoms with Crippen LogP contribution in [0.2, 0.25) is 0 Å². The number of carbonyl (C=O) groups is 2. The van der Waals surface area contributed by atoms with Gasteiger partial charge in [-0.1, -0.05) is 42.4 Å². The number of rotatable bonds is 5. The van der Waals surface area contributed by atoms with Gasteiger partial charge < -0.3 is 14.9 Å². The average Bonchev–Trinajstić information content (AvgIpc) is 2.87. The number of benzene rings is 1. The Morgan fingerprint density at radius 2 is 2.00 bits per heavy atom. The normalized spacial score (nSPS) is 11.9. The molecule has 6 heteroatoms. The van der Waals surface area contributed by atoms with Crippen LogP contribution in [0.3, 0.4) is 0 Å². The molecule has 1 unspecified atom stereocenters. The van der Waals surface area contributed by atoms with Crippen molar-refractivity contribution in [1.82, 2.24) is 10.5 Å². The summed E-state index contributed by atoms with van der Waals surface area (Å²) in [5, 5.41) is 15.4. The van der Waals surface area contributed by atoms with Crippen LogP contribution in [0.5, 0.6) is 0 Å². The second-order valence-electron chi connectivity index (χ2n) is 4.60. The van der Waals surface area contributed by atoms with Crippen LogP contribution in [0.4, 0.5) is 0 Å². The Kier molecular flexibility index (Phi) is 4.37. The summed E-state index contributed by atoms with van der Waals surface area (Å²) in [6.07, 6.45) is 0.298. The molecule has 1 aromatic heterocycles. The van der Waals surface area contributed by atoms with Gasteiger partial charge >= 0.3 is 5.97 Å². The number of aromatic nitrogens is 1. The summed E-state index contributed by atoms with van der Waals surface area (Å²) < 4.78 is 5.09. The zero-order valence-electron chi connectivity index (χ0n) is 11.8. The standard InChI is InChI=1S/C15H16N2O4/c1-3-11(15(19)20)16-14(18)12-9(2)21-17-13(12)10-7-5-4-6-8-10/h4-8,11H,3H2,1-2H3,(H,16,18)(H,19,20). The van der Waals surface area contributed by atoms with Crippen LogP contribution in [0.1, 0.15) is 29.5 Å². The summed E-state index contributed by atoms with van der Waals surface area (Å²) >= 11 is 0. The van der Waals surface area contributed by atoms with E-state index in [-0.39, 0.29) is 5.56 Å². The Hall–Kier alpha value is -2.63. The van der Waals surface area contributed by atoms with E-state index in [9.17, 15) is 9.59 Å². The molecule has 0 saturated heterocycles. The van der Waals surface area contributed by atoms with Gasteiger partial charge in [-0.25, -0.2) is 4.79 Å². The number of nitrogens with one attached hydrogen (secondary N) is 1. The van der Waals surface area contributed by atoms with Crippen molar-refractivity contribution in [3.05, 3.63) is 41.7 Å². The third kappa shape index (κ3) is 3.10. The highest BCUT2D eigenvalue weighted by molar-refractivity contribution is 6.02. The number of amides is 1. The Morgan fingerprint density at radius 1 is 1.33 bits per heavy atom. The van der Waals surface area contributed by atoms with E-state index in [1.54, 1.807) is 13.8 Å². The summed E-state index contributed by atoms with van der Waals surface area (Å²) in [6, 6.07) is 8.19. The summed E-state index contributed by atoms with van der Waals surface area (Å²) in [5.74, 6) is -1.21. The first-order chi connectivity index (χ1) is 10.0. The Balaban J connectivity index is 2.34. The Bertz CT molecular complexity index is 649. The van der Waals surface area contributed by atoms with Crippen molar-refractivity contribution >= 4 is 11.9 Å². The van der Waals surface area contributed by atoms with Crippen LogP contribution in [0.25, 0.3) is 11.3 Å². The van der Waals surface area contributed by atoms with Gasteiger partial charge in [0.05, 0.1) is 0 Å². The van der Waals surface area contributed by atoms with E-state index in [1.165, 1.54) is 0 Å². The van der Waals surface area contributed by atoms with Crippen LogP contribution >= 0.6 is 0 Å². The SMILES string of the molecule is CCC(NC(=O)c1c(-c2ccccc2)noc1C)C(=O)O. The highest BCUT2D eigenvalue weighted by Crippen LogP contribution is 2.25. The number of carboxylic acid groups (broad SMARTS) is 1. The topological polar surface area (TPSA) is 92.4 Å². The van der Waals surface area contributed by atoms with Crippen LogP contribution in [0, 0.1) is 6.92 Å². The molecule has 0 aliphatic heterocycles. The molecule has 0 radical (unpaired) electrons. The molecule has 1 atom stereocenters. The molecule has 1 heterocycles. The van der Waals surface area contributed by atoms with Crippen molar-refractivity contribution in [2.24, 2.45) is 0 Å². The molecule has 2 aromatic rings. The summed E-state index contributed by atoms with van der Waals surface area (Å²) in [7, 11) is 0. The van der Waals surface area contributed by atoms with Crippen molar-refractivity contribution in [2.45, 2.75) is 26.3 Å². The maximum atomic E-state index is 12.3. The number of aliphatic carboxylic acids is 1. The molecule has 1 amide bonds. The van der Waals surface area contributed by atoms with Crippen LogP contribution in [-0.4, -0.2) is 28.2 Å². The van der Waals surface area contributed by atoms with Gasteiger partial charge in [-0.05, 0) is 13.3 Å². The lowest BCUT2D eigenvalue weighted by atomic mass is 10.1. The predicted octanol–water partition coefficient (Wildman–Crippen LogP) is 2.24. The van der Waals surface area contributed by atoms with Crippen molar-refractivity contribution in [3.8, 4) is 11.3 Å². The largest absolute Gasteiger partial charge is 0.480 e. The molecule has 2 N–H and O–H groups in total. The van der Waals surface area contributed by atoms with Gasteiger partial charge in [0.2, 0.25) is 0 Å². The predicted molar refractivity (Wildman–Crippen MR) is 75.9 cm³/mol. The number of carboxylic acids is 1. The van der Waals surface area contributed by atoms with Crippen LogP contribution < -0.4 is 5.32 Å². The third-order valence-corrected chi connectivity index (χ3v) is 3.15. The average molecular weight is 288 g/mol. The summed E-state index contributed by atoms with van der Waals surface area (Å²) in [4.78, 5) is 23.3. The van der Waals surface area contributed by atoms with Gasteiger partial charge in [-0.3, -0.25) is 4.79 Å². The second-order valence-corrected chi connectivity index (χ2v) is 4.60. The van der Waals surface area contributed by atoms with Crippen molar-refractivity contribution in [3.63, 3.8) is 0 Å². The van der Waals surface area contributed by atoms with Crippen LogP contribution in [0.15, 0.2) is 34.9 Å². The highest BCUT2D eigenvalue weighted by Gasteiger charge is 2.25. The van der Waals surface area contributed by atoms with Gasteiger partial charge in [-0.15, -0.1) is 0 Å². The van der Waals surface area contributed by atoms with E-state index in [4.69, 9.17) is 9.63 Å². The van der Waals surface area contributed by atoms with E-state index >= 15 is 0 Å². The second kappa shape index (κ2) is 6.21. The van der Waals surface area contributed by atoms with E-state index in [2.05, 4.69) is 10.5 Å². The number of aryl methyl sites for hydroxylation is 1. The van der Waals surface area contributed by atoms with Crippen LogP contribution in [-0.2, 0) is 4.79 Å². The van der Waals surface area contributed by atoms with E-state index in [0.717, 1.165) is 5.56 Å². The monoisotopic (exact) mass is 288 g/mol. The Morgan fingerprint density at radius 3 is 2.57 bits per heavy atom. The molecule has 0 aliphatic rings. The Labute approximate surface area is 121 Å². The molecule has 110 valence electrons.